The number of hydrogen-bond acceptors (Lipinski definition) is 3. The minimum Gasteiger partial charge on any atom is -0.439 e. The van der Waals surface area contributed by atoms with E-state index in [1.54, 1.807) is 29.1 Å². The number of ether oxygens (including phenoxy) is 1. The van der Waals surface area contributed by atoms with E-state index in [1.807, 2.05) is 18.2 Å². The molecule has 2 heterocycles. The molecule has 6 heteroatoms. The van der Waals surface area contributed by atoms with E-state index in [0.29, 0.717) is 17.3 Å². The van der Waals surface area contributed by atoms with Crippen LogP contribution in [0.25, 0.3) is 16.6 Å². The van der Waals surface area contributed by atoms with E-state index in [9.17, 15) is 8.78 Å². The van der Waals surface area contributed by atoms with Gasteiger partial charge in [0.15, 0.2) is 0 Å². The molecule has 4 nitrogen and oxygen atoms in total. The first-order valence-electron chi connectivity index (χ1n) is 7.20. The molecule has 0 atom stereocenters. The van der Waals surface area contributed by atoms with Gasteiger partial charge in [-0.15, -0.1) is 0 Å². The van der Waals surface area contributed by atoms with Gasteiger partial charge >= 0.3 is 0 Å². The number of halogens is 2. The Bertz CT molecular complexity index is 995. The van der Waals surface area contributed by atoms with E-state index in [1.165, 1.54) is 18.5 Å². The van der Waals surface area contributed by atoms with Crippen molar-refractivity contribution in [3.63, 3.8) is 0 Å². The van der Waals surface area contributed by atoms with Crippen molar-refractivity contribution in [2.75, 3.05) is 0 Å². The van der Waals surface area contributed by atoms with Gasteiger partial charge < -0.3 is 9.30 Å². The summed E-state index contributed by atoms with van der Waals surface area (Å²) in [7, 11) is 0. The zero-order valence-electron chi connectivity index (χ0n) is 12.4. The van der Waals surface area contributed by atoms with Crippen molar-refractivity contribution in [1.82, 2.24) is 14.5 Å². The minimum absolute atomic E-state index is 0.423. The van der Waals surface area contributed by atoms with Crippen LogP contribution in [0.4, 0.5) is 8.78 Å². The predicted octanol–water partition coefficient (Wildman–Crippen LogP) is 4.49. The highest BCUT2D eigenvalue weighted by molar-refractivity contribution is 5.83. The molecule has 0 bridgehead atoms. The molecule has 0 saturated heterocycles. The van der Waals surface area contributed by atoms with Crippen molar-refractivity contribution in [2.45, 2.75) is 0 Å². The van der Waals surface area contributed by atoms with Crippen LogP contribution in [0.1, 0.15) is 0 Å². The van der Waals surface area contributed by atoms with Gasteiger partial charge in [0, 0.05) is 29.9 Å². The van der Waals surface area contributed by atoms with Gasteiger partial charge in [-0.3, -0.25) is 0 Å². The molecular formula is C18H11F2N3O. The molecular weight excluding hydrogens is 312 g/mol. The topological polar surface area (TPSA) is 39.9 Å². The first-order valence-corrected chi connectivity index (χ1v) is 7.20. The summed E-state index contributed by atoms with van der Waals surface area (Å²) in [6.07, 6.45) is 4.76. The van der Waals surface area contributed by atoms with Crippen molar-refractivity contribution >= 4 is 10.9 Å². The van der Waals surface area contributed by atoms with Crippen molar-refractivity contribution in [3.8, 4) is 17.3 Å². The van der Waals surface area contributed by atoms with Crippen LogP contribution in [0, 0.1) is 11.6 Å². The van der Waals surface area contributed by atoms with Gasteiger partial charge in [-0.2, -0.15) is 0 Å². The number of hydrogen-bond donors (Lipinski definition) is 0. The molecule has 0 aliphatic heterocycles. The number of aromatic nitrogens is 3. The van der Waals surface area contributed by atoms with Crippen LogP contribution in [0.2, 0.25) is 0 Å². The van der Waals surface area contributed by atoms with Gasteiger partial charge in [0.2, 0.25) is 5.88 Å². The molecule has 24 heavy (non-hydrogen) atoms. The summed E-state index contributed by atoms with van der Waals surface area (Å²) in [5.74, 6) is -0.175. The second kappa shape index (κ2) is 5.73. The molecule has 2 aromatic heterocycles. The molecule has 4 rings (SSSR count). The third kappa shape index (κ3) is 2.69. The third-order valence-corrected chi connectivity index (χ3v) is 3.56. The Kier molecular flexibility index (Phi) is 3.42. The van der Waals surface area contributed by atoms with Crippen molar-refractivity contribution in [3.05, 3.63) is 78.9 Å². The summed E-state index contributed by atoms with van der Waals surface area (Å²) < 4.78 is 34.3. The van der Waals surface area contributed by atoms with Crippen molar-refractivity contribution in [1.29, 1.82) is 0 Å². The molecule has 0 unspecified atom stereocenters. The monoisotopic (exact) mass is 323 g/mol. The van der Waals surface area contributed by atoms with E-state index in [0.717, 1.165) is 17.0 Å². The maximum absolute atomic E-state index is 13.4. The molecule has 0 aliphatic rings. The molecule has 0 radical (unpaired) electrons. The predicted molar refractivity (Wildman–Crippen MR) is 85.3 cm³/mol. The highest BCUT2D eigenvalue weighted by Crippen LogP contribution is 2.27. The lowest BCUT2D eigenvalue weighted by Crippen LogP contribution is -1.94. The van der Waals surface area contributed by atoms with Gasteiger partial charge in [0.1, 0.15) is 23.7 Å². The van der Waals surface area contributed by atoms with Crippen LogP contribution in [0.3, 0.4) is 0 Å². The zero-order valence-corrected chi connectivity index (χ0v) is 12.4. The Morgan fingerprint density at radius 1 is 0.917 bits per heavy atom. The minimum atomic E-state index is -0.615. The first-order chi connectivity index (χ1) is 11.7. The zero-order chi connectivity index (χ0) is 16.5. The van der Waals surface area contributed by atoms with E-state index in [2.05, 4.69) is 9.97 Å². The number of nitrogens with zero attached hydrogens (tertiary/aromatic N) is 3. The largest absolute Gasteiger partial charge is 0.439 e. The molecule has 0 N–H and O–H groups in total. The van der Waals surface area contributed by atoms with E-state index in [4.69, 9.17) is 4.74 Å². The lowest BCUT2D eigenvalue weighted by atomic mass is 10.2. The maximum Gasteiger partial charge on any atom is 0.222 e. The summed E-state index contributed by atoms with van der Waals surface area (Å²) in [5, 5.41) is 0.881. The molecule has 0 saturated carbocycles. The quantitative estimate of drug-likeness (QED) is 0.558. The Morgan fingerprint density at radius 3 is 2.50 bits per heavy atom. The molecule has 118 valence electrons. The van der Waals surface area contributed by atoms with Gasteiger partial charge in [-0.05, 0) is 36.4 Å². The molecule has 0 amide bonds. The van der Waals surface area contributed by atoms with Crippen LogP contribution in [0.5, 0.6) is 11.6 Å². The number of fused-ring (bicyclic) bond motifs is 1. The maximum atomic E-state index is 13.4. The van der Waals surface area contributed by atoms with E-state index >= 15 is 0 Å². The summed E-state index contributed by atoms with van der Waals surface area (Å²) in [6.45, 7) is 0. The number of benzene rings is 2. The Balaban J connectivity index is 1.73. The lowest BCUT2D eigenvalue weighted by Gasteiger charge is -2.08. The smallest absolute Gasteiger partial charge is 0.222 e. The van der Waals surface area contributed by atoms with Crippen LogP contribution in [-0.2, 0) is 0 Å². The summed E-state index contributed by atoms with van der Waals surface area (Å²) >= 11 is 0. The molecule has 2 aromatic carbocycles. The molecule has 4 aromatic rings. The normalized spacial score (nSPS) is 10.9. The van der Waals surface area contributed by atoms with Gasteiger partial charge in [0.05, 0.1) is 11.2 Å². The van der Waals surface area contributed by atoms with Crippen LogP contribution >= 0.6 is 0 Å². The molecule has 0 spiro atoms. The Hall–Kier alpha value is -3.28. The van der Waals surface area contributed by atoms with Gasteiger partial charge in [-0.1, -0.05) is 0 Å². The van der Waals surface area contributed by atoms with Crippen LogP contribution in [-0.4, -0.2) is 14.5 Å². The molecule has 0 aliphatic carbocycles. The fourth-order valence-corrected chi connectivity index (χ4v) is 2.55. The Morgan fingerprint density at radius 2 is 1.75 bits per heavy atom. The SMILES string of the molecule is Fc1cc(F)cc(-n2ccc3cc(Oc4ccncn4)ccc32)c1. The fourth-order valence-electron chi connectivity index (χ4n) is 2.55. The third-order valence-electron chi connectivity index (χ3n) is 3.56. The second-order valence-corrected chi connectivity index (χ2v) is 5.18. The van der Waals surface area contributed by atoms with Crippen LogP contribution in [0.15, 0.2) is 67.3 Å². The highest BCUT2D eigenvalue weighted by Gasteiger charge is 2.08. The van der Waals surface area contributed by atoms with Gasteiger partial charge in [-0.25, -0.2) is 18.7 Å². The van der Waals surface area contributed by atoms with Crippen LogP contribution < -0.4 is 4.74 Å². The van der Waals surface area contributed by atoms with Crippen molar-refractivity contribution < 1.29 is 13.5 Å². The highest BCUT2D eigenvalue weighted by atomic mass is 19.1. The van der Waals surface area contributed by atoms with Gasteiger partial charge in [0.25, 0.3) is 0 Å². The van der Waals surface area contributed by atoms with Crippen molar-refractivity contribution in [2.24, 2.45) is 0 Å². The summed E-state index contributed by atoms with van der Waals surface area (Å²) in [5.41, 5.74) is 1.24. The summed E-state index contributed by atoms with van der Waals surface area (Å²) in [6, 6.07) is 12.4. The fraction of sp³-hybridized carbons (Fsp3) is 0. The average Bonchev–Trinajstić information content (AvgIpc) is 2.98. The van der Waals surface area contributed by atoms with E-state index < -0.39 is 11.6 Å². The molecule has 0 fully saturated rings. The summed E-state index contributed by atoms with van der Waals surface area (Å²) in [4.78, 5) is 7.84. The second-order valence-electron chi connectivity index (χ2n) is 5.18. The Labute approximate surface area is 136 Å². The first kappa shape index (κ1) is 14.3. The standard InChI is InChI=1S/C18H11F2N3O/c19-13-8-14(20)10-15(9-13)23-6-4-12-7-16(1-2-17(12)23)24-18-3-5-21-11-22-18/h1-11H. The van der Waals surface area contributed by atoms with E-state index in [-0.39, 0.29) is 0 Å². The number of rotatable bonds is 3. The average molecular weight is 323 g/mol. The lowest BCUT2D eigenvalue weighted by molar-refractivity contribution is 0.462.